The summed E-state index contributed by atoms with van der Waals surface area (Å²) in [5, 5.41) is 5.69. The predicted molar refractivity (Wildman–Crippen MR) is 549 cm³/mol. The molecule has 31 heteroatoms. The maximum atomic E-state index is 14.9. The van der Waals surface area contributed by atoms with Crippen LogP contribution in [0.2, 0.25) is 15.1 Å². The average molecular weight is 2120 g/mol. The van der Waals surface area contributed by atoms with Gasteiger partial charge in [-0.1, -0.05) is 144 Å². The number of nitrogens with one attached hydrogen (secondary N) is 3. The Bertz CT molecular complexity index is 6010. The number of benzene rings is 6. The lowest BCUT2D eigenvalue weighted by Gasteiger charge is -2.45. The summed E-state index contributed by atoms with van der Waals surface area (Å²) in [5.41, 5.74) is 18.5. The van der Waals surface area contributed by atoms with Crippen LogP contribution in [0.15, 0.2) is 233 Å². The maximum absolute atomic E-state index is 14.9. The number of amides is 5. The second kappa shape index (κ2) is 46.3. The Hall–Kier alpha value is -10.5. The molecule has 3 aliphatic heterocycles. The van der Waals surface area contributed by atoms with Crippen molar-refractivity contribution < 1.29 is 33.4 Å². The largest absolute Gasteiger partial charge is 0.444 e. The number of fused-ring (bicyclic) bond motifs is 6. The molecule has 3 fully saturated rings. The third-order valence-electron chi connectivity index (χ3n) is 26.2. The molecule has 5 amide bonds. The third-order valence-corrected chi connectivity index (χ3v) is 28.2. The lowest BCUT2D eigenvalue weighted by molar-refractivity contribution is -0.141. The normalized spacial score (nSPS) is 18.2. The quantitative estimate of drug-likeness (QED) is 0.0508. The molecule has 9 heterocycles. The standard InChI is InChI=1S/C38H44BrClN6O3.C37H42BrClN6O3.C32H34BrClN6O/c1-38(2,3)49-37(48)46-18-17-44(35-32-15-14-30(40)20-27(32)12-13-28-19-29(39)21-41-34(28)35)24-33(46)36(47)45(22-26-9-6-5-7-10-26)16-8-11-31-23-43(4)25-42-31;1-37(2,3)48-36(47)45-17-16-43(34-31-14-13-29(39)19-26(31)11-12-27-18-28(38)20-41-33(27)34)23-32(45)35(46)44(22-25-8-5-4-6-9-25)15-7-10-30-21-40-24-42-30;33-25-15-24-9-8-23-16-26(34)10-11-28(23)31(30(24)37-17-25)39-14-12-36-29(20-39)32(41)40(19-22-5-2-1-3-6-22)13-4-7-27-18-35-21-38-27/h5-7,9-10,14-15,19-21,23,25,33,35H,8,11-13,16-18,22,24H2,1-4H3;4-6,8-9,13-14,18-21,24,32,34H,7,10-12,15-17,22-23H2,1-3H3,(H,40,42);1-3,5-6,10-11,15-18,21,29,31,36H,4,7-9,12-14,19-20H2,(H,35,38)/t33-,35?;32-,34?;29-,31?/m111/s1. The van der Waals surface area contributed by atoms with Crippen molar-refractivity contribution in [1.29, 1.82) is 0 Å². The number of carbonyl (C=O) groups is 5. The highest BCUT2D eigenvalue weighted by atomic mass is 79.9. The Kier molecular flexibility index (Phi) is 33.7. The van der Waals surface area contributed by atoms with Gasteiger partial charge in [0.2, 0.25) is 17.7 Å². The minimum absolute atomic E-state index is 0.0341. The number of nitrogens with zero attached hydrogens (tertiary/aromatic N) is 15. The fraction of sp³-hybridized carbons (Fsp3) is 0.393. The molecule has 18 rings (SSSR count). The second-order valence-corrected chi connectivity index (χ2v) is 42.5. The molecule has 3 N–H and O–H groups in total. The molecule has 0 radical (unpaired) electrons. The van der Waals surface area contributed by atoms with Gasteiger partial charge in [0.15, 0.2) is 0 Å². The smallest absolute Gasteiger partial charge is 0.411 e. The van der Waals surface area contributed by atoms with Crippen LogP contribution in [0.5, 0.6) is 0 Å². The Balaban J connectivity index is 0.000000150. The van der Waals surface area contributed by atoms with E-state index in [0.29, 0.717) is 95.1 Å². The van der Waals surface area contributed by atoms with E-state index in [4.69, 9.17) is 59.2 Å². The van der Waals surface area contributed by atoms with Crippen molar-refractivity contribution in [3.63, 3.8) is 0 Å². The molecule has 6 aromatic heterocycles. The van der Waals surface area contributed by atoms with Gasteiger partial charge in [-0.25, -0.2) is 24.5 Å². The predicted octanol–water partition coefficient (Wildman–Crippen LogP) is 19.3. The highest BCUT2D eigenvalue weighted by Crippen LogP contribution is 2.44. The first kappa shape index (κ1) is 100. The van der Waals surface area contributed by atoms with Crippen LogP contribution in [0.3, 0.4) is 0 Å². The molecule has 6 aromatic carbocycles. The van der Waals surface area contributed by atoms with Crippen LogP contribution < -0.4 is 5.32 Å². The zero-order valence-corrected chi connectivity index (χ0v) is 86.2. The number of carbonyl (C=O) groups excluding carboxylic acids is 5. The molecule has 722 valence electrons. The lowest BCUT2D eigenvalue weighted by atomic mass is 9.95. The molecule has 138 heavy (non-hydrogen) atoms. The van der Waals surface area contributed by atoms with E-state index in [9.17, 15) is 24.0 Å². The summed E-state index contributed by atoms with van der Waals surface area (Å²) < 4.78 is 16.5. The first-order valence-corrected chi connectivity index (χ1v) is 51.2. The topological polar surface area (TPSA) is 256 Å². The maximum Gasteiger partial charge on any atom is 0.411 e. The summed E-state index contributed by atoms with van der Waals surface area (Å²) in [6, 6.07) is 52.8. The highest BCUT2D eigenvalue weighted by molar-refractivity contribution is 9.11. The molecule has 12 aromatic rings. The summed E-state index contributed by atoms with van der Waals surface area (Å²) in [6.07, 6.45) is 25.3. The van der Waals surface area contributed by atoms with Crippen molar-refractivity contribution in [3.8, 4) is 0 Å². The van der Waals surface area contributed by atoms with Crippen LogP contribution in [0, 0.1) is 0 Å². The first-order valence-electron chi connectivity index (χ1n) is 47.7. The van der Waals surface area contributed by atoms with Gasteiger partial charge in [-0.05, 0) is 288 Å². The molecule has 3 aliphatic carbocycles. The average Bonchev–Trinajstić information content (AvgIpc) is 1.45. The van der Waals surface area contributed by atoms with Crippen molar-refractivity contribution >= 4 is 113 Å². The number of ether oxygens (including phenoxy) is 2. The van der Waals surface area contributed by atoms with Gasteiger partial charge < -0.3 is 44.0 Å². The van der Waals surface area contributed by atoms with Gasteiger partial charge in [0.1, 0.15) is 23.3 Å². The van der Waals surface area contributed by atoms with Crippen LogP contribution in [0.1, 0.15) is 180 Å². The minimum atomic E-state index is -0.764. The van der Waals surface area contributed by atoms with Crippen LogP contribution in [-0.2, 0) is 108 Å². The van der Waals surface area contributed by atoms with Gasteiger partial charge in [0.25, 0.3) is 0 Å². The molecular weight excluding hydrogens is 2000 g/mol. The van der Waals surface area contributed by atoms with E-state index in [1.165, 1.54) is 27.8 Å². The fourth-order valence-corrected chi connectivity index (χ4v) is 21.5. The molecule has 3 unspecified atom stereocenters. The number of aromatic amines is 2. The number of piperazine rings is 3. The lowest BCUT2D eigenvalue weighted by Crippen LogP contribution is -2.62. The summed E-state index contributed by atoms with van der Waals surface area (Å²) in [6.45, 7) is 18.9. The van der Waals surface area contributed by atoms with Crippen molar-refractivity contribution in [2.24, 2.45) is 7.05 Å². The number of imidazole rings is 3. The summed E-state index contributed by atoms with van der Waals surface area (Å²) in [5.74, 6) is -0.0700. The molecular formula is C107H120Br3Cl3N18O7. The zero-order chi connectivity index (χ0) is 96.7. The van der Waals surface area contributed by atoms with E-state index < -0.39 is 35.5 Å². The van der Waals surface area contributed by atoms with Gasteiger partial charge in [-0.2, -0.15) is 0 Å². The van der Waals surface area contributed by atoms with Gasteiger partial charge in [0, 0.05) is 182 Å². The SMILES string of the molecule is CC(C)(C)OC(=O)N1CCN(C2c3ccc(Cl)cc3CCc3cc(Br)cnc32)C[C@@H]1C(=O)N(CCCc1cnc[nH]1)Cc1ccccc1.Cn1cnc(CCCN(Cc2ccccc2)C(=O)[C@H]2CN(C3c4ccc(Cl)cc4CCc4cc(Br)cnc43)CCN2C(=O)OC(C)(C)C)c1.O=C([C@H]1CN(C2c3ccc(Cl)cc3CCc3cc(Br)cnc32)CCN1)N(CCCc1cnc[nH]1)Cc1ccccc1. The molecule has 0 bridgehead atoms. The Morgan fingerprint density at radius 3 is 1.14 bits per heavy atom. The molecule has 3 saturated heterocycles. The number of pyridine rings is 3. The van der Waals surface area contributed by atoms with Crippen LogP contribution in [0.4, 0.5) is 9.59 Å². The van der Waals surface area contributed by atoms with E-state index in [-0.39, 0.29) is 41.9 Å². The van der Waals surface area contributed by atoms with Crippen molar-refractivity contribution in [2.45, 2.75) is 186 Å². The third kappa shape index (κ3) is 26.0. The van der Waals surface area contributed by atoms with E-state index in [1.807, 2.05) is 214 Å². The number of hydrogen-bond donors (Lipinski definition) is 3. The van der Waals surface area contributed by atoms with Gasteiger partial charge in [-0.15, -0.1) is 0 Å². The number of aromatic nitrogens is 9. The molecule has 6 aliphatic rings. The fourth-order valence-electron chi connectivity index (χ4n) is 19.8. The van der Waals surface area contributed by atoms with Gasteiger partial charge >= 0.3 is 12.2 Å². The Morgan fingerprint density at radius 2 is 0.790 bits per heavy atom. The summed E-state index contributed by atoms with van der Waals surface area (Å²) in [4.78, 5) is 122. The Labute approximate surface area is 849 Å². The summed E-state index contributed by atoms with van der Waals surface area (Å²) >= 11 is 30.3. The van der Waals surface area contributed by atoms with Crippen molar-refractivity contribution in [1.82, 2.24) is 89.0 Å². The molecule has 25 nitrogen and oxygen atoms in total. The van der Waals surface area contributed by atoms with Crippen molar-refractivity contribution in [3.05, 3.63) is 349 Å². The number of halogens is 6. The first-order chi connectivity index (χ1) is 66.5. The molecule has 6 atom stereocenters. The monoisotopic (exact) mass is 2110 g/mol. The summed E-state index contributed by atoms with van der Waals surface area (Å²) in [7, 11) is 1.95. The second-order valence-electron chi connectivity index (χ2n) is 38.4. The van der Waals surface area contributed by atoms with E-state index in [1.54, 1.807) is 28.8 Å². The van der Waals surface area contributed by atoms with Gasteiger partial charge in [-0.3, -0.25) is 53.8 Å². The molecule has 0 saturated carbocycles. The van der Waals surface area contributed by atoms with Gasteiger partial charge in [0.05, 0.1) is 65.9 Å². The van der Waals surface area contributed by atoms with Crippen molar-refractivity contribution in [2.75, 3.05) is 78.5 Å². The zero-order valence-electron chi connectivity index (χ0n) is 79.2. The Morgan fingerprint density at radius 1 is 0.428 bits per heavy atom. The number of rotatable bonds is 24. The number of H-pyrrole nitrogens is 2. The van der Waals surface area contributed by atoms with E-state index in [0.717, 1.165) is 182 Å². The van der Waals surface area contributed by atoms with Crippen LogP contribution in [-0.4, -0.2) is 221 Å². The number of aryl methyl sites for hydroxylation is 10. The van der Waals surface area contributed by atoms with E-state index in [2.05, 4.69) is 147 Å². The van der Waals surface area contributed by atoms with E-state index >= 15 is 0 Å². The number of hydrogen-bond acceptors (Lipinski definition) is 17. The molecule has 0 spiro atoms. The van der Waals surface area contributed by atoms with Crippen LogP contribution in [0.25, 0.3) is 0 Å². The highest BCUT2D eigenvalue weighted by Gasteiger charge is 2.47. The minimum Gasteiger partial charge on any atom is -0.444 e. The van der Waals surface area contributed by atoms with Crippen LogP contribution >= 0.6 is 82.6 Å².